The van der Waals surface area contributed by atoms with E-state index in [1.807, 2.05) is 13.8 Å². The average Bonchev–Trinajstić information content (AvgIpc) is 1.98. The first-order chi connectivity index (χ1) is 5.11. The number of nitrogens with two attached hydrogens (primary N) is 1. The van der Waals surface area contributed by atoms with Crippen molar-refractivity contribution in [3.05, 3.63) is 0 Å². The standard InChI is InChI=1S/C7H15NO3/c1-4-6(5(2)10-3)11-7(8)9/h5-6H,4H2,1-3H3,(H2,8,9). The van der Waals surface area contributed by atoms with E-state index in [0.29, 0.717) is 6.42 Å². The second kappa shape index (κ2) is 4.96. The molecule has 0 rings (SSSR count). The molecule has 11 heavy (non-hydrogen) atoms. The minimum absolute atomic E-state index is 0.104. The van der Waals surface area contributed by atoms with Crippen LogP contribution in [0.4, 0.5) is 4.79 Å². The summed E-state index contributed by atoms with van der Waals surface area (Å²) in [4.78, 5) is 10.3. The summed E-state index contributed by atoms with van der Waals surface area (Å²) in [5, 5.41) is 0. The predicted molar refractivity (Wildman–Crippen MR) is 41.2 cm³/mol. The lowest BCUT2D eigenvalue weighted by molar-refractivity contribution is -0.0110. The Balaban J connectivity index is 3.84. The number of carbonyl (C=O) groups is 1. The molecular weight excluding hydrogens is 146 g/mol. The van der Waals surface area contributed by atoms with Crippen LogP contribution in [-0.4, -0.2) is 25.4 Å². The Morgan fingerprint density at radius 3 is 2.45 bits per heavy atom. The Hall–Kier alpha value is -0.770. The Morgan fingerprint density at radius 1 is 1.64 bits per heavy atom. The fourth-order valence-electron chi connectivity index (χ4n) is 0.812. The summed E-state index contributed by atoms with van der Waals surface area (Å²) < 4.78 is 9.74. The summed E-state index contributed by atoms with van der Waals surface area (Å²) in [6.45, 7) is 3.74. The van der Waals surface area contributed by atoms with Gasteiger partial charge in [0.2, 0.25) is 0 Å². The lowest BCUT2D eigenvalue weighted by atomic mass is 10.2. The lowest BCUT2D eigenvalue weighted by Gasteiger charge is -2.20. The zero-order valence-electron chi connectivity index (χ0n) is 7.16. The van der Waals surface area contributed by atoms with Crippen LogP contribution < -0.4 is 5.73 Å². The highest BCUT2D eigenvalue weighted by atomic mass is 16.6. The quantitative estimate of drug-likeness (QED) is 0.666. The van der Waals surface area contributed by atoms with E-state index in [1.54, 1.807) is 7.11 Å². The SMILES string of the molecule is CCC(OC(N)=O)C(C)OC. The van der Waals surface area contributed by atoms with E-state index in [2.05, 4.69) is 0 Å². The van der Waals surface area contributed by atoms with Crippen molar-refractivity contribution >= 4 is 6.09 Å². The second-order valence-corrected chi connectivity index (χ2v) is 2.32. The van der Waals surface area contributed by atoms with Crippen LogP contribution >= 0.6 is 0 Å². The van der Waals surface area contributed by atoms with Crippen molar-refractivity contribution < 1.29 is 14.3 Å². The minimum atomic E-state index is -0.749. The maximum Gasteiger partial charge on any atom is 0.404 e. The molecule has 0 heterocycles. The predicted octanol–water partition coefficient (Wildman–Crippen LogP) is 0.895. The van der Waals surface area contributed by atoms with Gasteiger partial charge in [-0.15, -0.1) is 0 Å². The molecule has 0 aromatic carbocycles. The lowest BCUT2D eigenvalue weighted by Crippen LogP contribution is -2.32. The van der Waals surface area contributed by atoms with Gasteiger partial charge in [-0.1, -0.05) is 6.92 Å². The molecule has 0 aliphatic heterocycles. The molecule has 4 nitrogen and oxygen atoms in total. The normalized spacial score (nSPS) is 15.5. The number of amides is 1. The average molecular weight is 161 g/mol. The summed E-state index contributed by atoms with van der Waals surface area (Å²) in [5.74, 6) is 0. The third-order valence-electron chi connectivity index (χ3n) is 1.57. The van der Waals surface area contributed by atoms with E-state index in [4.69, 9.17) is 15.2 Å². The highest BCUT2D eigenvalue weighted by Gasteiger charge is 2.17. The Bertz CT molecular complexity index is 127. The molecule has 0 bridgehead atoms. The van der Waals surface area contributed by atoms with Crippen LogP contribution in [0.15, 0.2) is 0 Å². The van der Waals surface area contributed by atoms with Gasteiger partial charge >= 0.3 is 6.09 Å². The van der Waals surface area contributed by atoms with Crippen LogP contribution in [-0.2, 0) is 9.47 Å². The first-order valence-electron chi connectivity index (χ1n) is 3.60. The number of ether oxygens (including phenoxy) is 2. The second-order valence-electron chi connectivity index (χ2n) is 2.32. The van der Waals surface area contributed by atoms with Crippen LogP contribution in [0.2, 0.25) is 0 Å². The molecule has 0 saturated heterocycles. The largest absolute Gasteiger partial charge is 0.444 e. The number of methoxy groups -OCH3 is 1. The van der Waals surface area contributed by atoms with Gasteiger partial charge in [0.05, 0.1) is 6.10 Å². The van der Waals surface area contributed by atoms with Crippen LogP contribution in [0, 0.1) is 0 Å². The maximum absolute atomic E-state index is 10.3. The van der Waals surface area contributed by atoms with Gasteiger partial charge < -0.3 is 15.2 Å². The molecule has 4 heteroatoms. The number of hydrogen-bond donors (Lipinski definition) is 1. The molecule has 2 unspecified atom stereocenters. The molecule has 0 aromatic heterocycles. The topological polar surface area (TPSA) is 61.5 Å². The third-order valence-corrected chi connectivity index (χ3v) is 1.57. The highest BCUT2D eigenvalue weighted by molar-refractivity contribution is 5.64. The third kappa shape index (κ3) is 3.83. The molecular formula is C7H15NO3. The molecule has 0 aliphatic rings. The van der Waals surface area contributed by atoms with Crippen molar-refractivity contribution in [3.63, 3.8) is 0 Å². The molecule has 2 N–H and O–H groups in total. The highest BCUT2D eigenvalue weighted by Crippen LogP contribution is 2.06. The zero-order valence-corrected chi connectivity index (χ0v) is 7.16. The molecule has 2 atom stereocenters. The van der Waals surface area contributed by atoms with Gasteiger partial charge in [-0.3, -0.25) is 0 Å². The van der Waals surface area contributed by atoms with Gasteiger partial charge in [0.25, 0.3) is 0 Å². The summed E-state index contributed by atoms with van der Waals surface area (Å²) >= 11 is 0. The number of rotatable bonds is 4. The van der Waals surface area contributed by atoms with Crippen molar-refractivity contribution in [3.8, 4) is 0 Å². The van der Waals surface area contributed by atoms with E-state index >= 15 is 0 Å². The van der Waals surface area contributed by atoms with Gasteiger partial charge in [0.15, 0.2) is 0 Å². The van der Waals surface area contributed by atoms with Gasteiger partial charge in [-0.05, 0) is 13.3 Å². The van der Waals surface area contributed by atoms with Gasteiger partial charge in [-0.2, -0.15) is 0 Å². The van der Waals surface area contributed by atoms with E-state index in [1.165, 1.54) is 0 Å². The molecule has 0 saturated carbocycles. The van der Waals surface area contributed by atoms with E-state index in [9.17, 15) is 4.79 Å². The van der Waals surface area contributed by atoms with E-state index in [-0.39, 0.29) is 12.2 Å². The zero-order chi connectivity index (χ0) is 8.85. The van der Waals surface area contributed by atoms with E-state index in [0.717, 1.165) is 0 Å². The van der Waals surface area contributed by atoms with Crippen LogP contribution in [0.25, 0.3) is 0 Å². The molecule has 0 spiro atoms. The van der Waals surface area contributed by atoms with Gasteiger partial charge in [0, 0.05) is 7.11 Å². The smallest absolute Gasteiger partial charge is 0.404 e. The first kappa shape index (κ1) is 10.2. The van der Waals surface area contributed by atoms with Crippen molar-refractivity contribution in [2.24, 2.45) is 5.73 Å². The van der Waals surface area contributed by atoms with Gasteiger partial charge in [0.1, 0.15) is 6.10 Å². The summed E-state index contributed by atoms with van der Waals surface area (Å²) in [6, 6.07) is 0. The summed E-state index contributed by atoms with van der Waals surface area (Å²) in [6.07, 6.45) is -0.386. The molecule has 0 aliphatic carbocycles. The molecule has 66 valence electrons. The van der Waals surface area contributed by atoms with Crippen LogP contribution in [0.1, 0.15) is 20.3 Å². The molecule has 0 fully saturated rings. The number of carbonyl (C=O) groups excluding carboxylic acids is 1. The van der Waals surface area contributed by atoms with Crippen LogP contribution in [0.3, 0.4) is 0 Å². The van der Waals surface area contributed by atoms with Crippen molar-refractivity contribution in [1.82, 2.24) is 0 Å². The fourth-order valence-corrected chi connectivity index (χ4v) is 0.812. The minimum Gasteiger partial charge on any atom is -0.444 e. The molecule has 1 amide bonds. The number of hydrogen-bond acceptors (Lipinski definition) is 3. The van der Waals surface area contributed by atoms with Crippen molar-refractivity contribution in [1.29, 1.82) is 0 Å². The Kier molecular flexibility index (Phi) is 4.61. The monoisotopic (exact) mass is 161 g/mol. The van der Waals surface area contributed by atoms with Crippen molar-refractivity contribution in [2.45, 2.75) is 32.5 Å². The fraction of sp³-hybridized carbons (Fsp3) is 0.857. The summed E-state index contributed by atoms with van der Waals surface area (Å²) in [7, 11) is 1.57. The van der Waals surface area contributed by atoms with Gasteiger partial charge in [-0.25, -0.2) is 4.79 Å². The number of primary amides is 1. The van der Waals surface area contributed by atoms with E-state index < -0.39 is 6.09 Å². The maximum atomic E-state index is 10.3. The first-order valence-corrected chi connectivity index (χ1v) is 3.60. The molecule has 0 aromatic rings. The van der Waals surface area contributed by atoms with Crippen LogP contribution in [0.5, 0.6) is 0 Å². The summed E-state index contributed by atoms with van der Waals surface area (Å²) in [5.41, 5.74) is 4.84. The van der Waals surface area contributed by atoms with Crippen molar-refractivity contribution in [2.75, 3.05) is 7.11 Å². The molecule has 0 radical (unpaired) electrons. The Labute approximate surface area is 66.7 Å². The Morgan fingerprint density at radius 2 is 2.18 bits per heavy atom.